The van der Waals surface area contributed by atoms with Crippen molar-refractivity contribution < 1.29 is 22.7 Å². The number of fused-ring (bicyclic) bond motifs is 1. The summed E-state index contributed by atoms with van der Waals surface area (Å²) in [4.78, 5) is 27.4. The maximum atomic E-state index is 13.2. The van der Waals surface area contributed by atoms with Crippen LogP contribution in [0.25, 0.3) is 0 Å². The smallest absolute Gasteiger partial charge is 0.256 e. The van der Waals surface area contributed by atoms with Crippen LogP contribution in [0, 0.1) is 0 Å². The Kier molecular flexibility index (Phi) is 9.06. The third-order valence-electron chi connectivity index (χ3n) is 6.83. The zero-order chi connectivity index (χ0) is 25.5. The van der Waals surface area contributed by atoms with Crippen LogP contribution in [0.1, 0.15) is 89.4 Å². The quantitative estimate of drug-likeness (QED) is 0.390. The summed E-state index contributed by atoms with van der Waals surface area (Å²) in [6.07, 6.45) is 10.0. The van der Waals surface area contributed by atoms with E-state index in [4.69, 9.17) is 4.74 Å². The lowest BCUT2D eigenvalue weighted by atomic mass is 9.95. The van der Waals surface area contributed by atoms with E-state index >= 15 is 0 Å². The third-order valence-corrected chi connectivity index (χ3v) is 9.80. The summed E-state index contributed by atoms with van der Waals surface area (Å²) in [5.74, 6) is 0.230. The number of benzene rings is 1. The van der Waals surface area contributed by atoms with Crippen molar-refractivity contribution in [3.8, 4) is 5.75 Å². The van der Waals surface area contributed by atoms with Crippen LogP contribution in [0.2, 0.25) is 0 Å². The molecular formula is C27H36N2O5S2. The van der Waals surface area contributed by atoms with Gasteiger partial charge in [0.05, 0.1) is 23.7 Å². The lowest BCUT2D eigenvalue weighted by Crippen LogP contribution is -2.36. The largest absolute Gasteiger partial charge is 0.494 e. The maximum absolute atomic E-state index is 13.2. The molecule has 1 aliphatic heterocycles. The standard InChI is InChI=1S/C27H36N2O5S2/c1-2-3-4-5-8-16-34-21-13-11-19(12-14-21)25(30)29-27-24(22-9-6-7-10-23(22)35-27)26(31)28-20-15-17-36(32,33)18-20/h11-14,20H,2-10,15-18H2,1H3,(H,28,31)(H,29,30)/t20-/m1/s1. The van der Waals surface area contributed by atoms with Gasteiger partial charge >= 0.3 is 0 Å². The van der Waals surface area contributed by atoms with Crippen LogP contribution in [0.5, 0.6) is 5.75 Å². The number of rotatable bonds is 11. The van der Waals surface area contributed by atoms with Crippen molar-refractivity contribution in [3.05, 3.63) is 45.8 Å². The average molecular weight is 533 g/mol. The van der Waals surface area contributed by atoms with Crippen molar-refractivity contribution in [1.82, 2.24) is 5.32 Å². The Morgan fingerprint density at radius 1 is 1.03 bits per heavy atom. The fraction of sp³-hybridized carbons (Fsp3) is 0.556. The predicted molar refractivity (Wildman–Crippen MR) is 144 cm³/mol. The zero-order valence-electron chi connectivity index (χ0n) is 20.9. The summed E-state index contributed by atoms with van der Waals surface area (Å²) in [7, 11) is -3.10. The molecule has 1 aromatic heterocycles. The molecule has 2 aromatic rings. The molecule has 7 nitrogen and oxygen atoms in total. The normalized spacial score (nSPS) is 18.4. The number of ether oxygens (including phenoxy) is 1. The fourth-order valence-electron chi connectivity index (χ4n) is 4.83. The van der Waals surface area contributed by atoms with Crippen LogP contribution in [0.3, 0.4) is 0 Å². The van der Waals surface area contributed by atoms with Gasteiger partial charge in [0.1, 0.15) is 10.8 Å². The third kappa shape index (κ3) is 6.88. The number of sulfone groups is 1. The van der Waals surface area contributed by atoms with Crippen LogP contribution in [-0.2, 0) is 22.7 Å². The molecule has 196 valence electrons. The molecule has 0 bridgehead atoms. The molecule has 9 heteroatoms. The first-order valence-electron chi connectivity index (χ1n) is 13.1. The molecule has 36 heavy (non-hydrogen) atoms. The molecule has 0 unspecified atom stereocenters. The molecule has 1 aliphatic carbocycles. The first-order valence-corrected chi connectivity index (χ1v) is 15.7. The Labute approximate surface area is 217 Å². The molecule has 1 aromatic carbocycles. The lowest BCUT2D eigenvalue weighted by Gasteiger charge is -2.15. The maximum Gasteiger partial charge on any atom is 0.256 e. The second-order valence-corrected chi connectivity index (χ2v) is 13.1. The van der Waals surface area contributed by atoms with Gasteiger partial charge in [0, 0.05) is 16.5 Å². The summed E-state index contributed by atoms with van der Waals surface area (Å²) in [6, 6.07) is 6.68. The van der Waals surface area contributed by atoms with Gasteiger partial charge in [0.15, 0.2) is 9.84 Å². The van der Waals surface area contributed by atoms with Crippen molar-refractivity contribution in [2.75, 3.05) is 23.4 Å². The van der Waals surface area contributed by atoms with E-state index in [1.807, 2.05) is 0 Å². The van der Waals surface area contributed by atoms with Gasteiger partial charge in [-0.1, -0.05) is 32.6 Å². The van der Waals surface area contributed by atoms with Crippen LogP contribution >= 0.6 is 11.3 Å². The number of hydrogen-bond donors (Lipinski definition) is 2. The summed E-state index contributed by atoms with van der Waals surface area (Å²) in [5, 5.41) is 6.40. The highest BCUT2D eigenvalue weighted by Gasteiger charge is 2.32. The van der Waals surface area contributed by atoms with E-state index in [0.29, 0.717) is 29.2 Å². The number of amides is 2. The second kappa shape index (κ2) is 12.2. The summed E-state index contributed by atoms with van der Waals surface area (Å²) in [6.45, 7) is 2.86. The van der Waals surface area contributed by atoms with Gasteiger partial charge in [0.25, 0.3) is 11.8 Å². The summed E-state index contributed by atoms with van der Waals surface area (Å²) in [5.41, 5.74) is 1.97. The number of nitrogens with one attached hydrogen (secondary N) is 2. The van der Waals surface area contributed by atoms with Crippen molar-refractivity contribution in [1.29, 1.82) is 0 Å². The van der Waals surface area contributed by atoms with Gasteiger partial charge in [-0.25, -0.2) is 8.42 Å². The van der Waals surface area contributed by atoms with E-state index in [-0.39, 0.29) is 29.4 Å². The highest BCUT2D eigenvalue weighted by Crippen LogP contribution is 2.38. The van der Waals surface area contributed by atoms with Crippen LogP contribution in [-0.4, -0.2) is 44.4 Å². The van der Waals surface area contributed by atoms with Crippen LogP contribution < -0.4 is 15.4 Å². The Bertz CT molecular complexity index is 1170. The molecular weight excluding hydrogens is 496 g/mol. The highest BCUT2D eigenvalue weighted by atomic mass is 32.2. The van der Waals surface area contributed by atoms with E-state index in [9.17, 15) is 18.0 Å². The molecule has 2 heterocycles. The van der Waals surface area contributed by atoms with Gasteiger partial charge in [-0.3, -0.25) is 9.59 Å². The molecule has 2 aliphatic rings. The van der Waals surface area contributed by atoms with Crippen molar-refractivity contribution in [2.45, 2.75) is 77.2 Å². The van der Waals surface area contributed by atoms with Gasteiger partial charge in [0.2, 0.25) is 0 Å². The molecule has 1 atom stereocenters. The number of anilines is 1. The minimum absolute atomic E-state index is 0.0279. The van der Waals surface area contributed by atoms with Crippen molar-refractivity contribution in [2.24, 2.45) is 0 Å². The Morgan fingerprint density at radius 2 is 1.78 bits per heavy atom. The van der Waals surface area contributed by atoms with Gasteiger partial charge < -0.3 is 15.4 Å². The van der Waals surface area contributed by atoms with E-state index < -0.39 is 9.84 Å². The van der Waals surface area contributed by atoms with E-state index in [0.717, 1.165) is 54.7 Å². The van der Waals surface area contributed by atoms with Crippen molar-refractivity contribution >= 4 is 38.0 Å². The molecule has 1 fully saturated rings. The number of hydrogen-bond acceptors (Lipinski definition) is 6. The minimum atomic E-state index is -3.10. The first kappa shape index (κ1) is 26.7. The molecule has 0 radical (unpaired) electrons. The number of carbonyl (C=O) groups excluding carboxylic acids is 2. The first-order chi connectivity index (χ1) is 17.4. The fourth-order valence-corrected chi connectivity index (χ4v) is 7.79. The number of aryl methyl sites for hydroxylation is 1. The summed E-state index contributed by atoms with van der Waals surface area (Å²) < 4.78 is 29.5. The van der Waals surface area contributed by atoms with Crippen LogP contribution in [0.15, 0.2) is 24.3 Å². The topological polar surface area (TPSA) is 102 Å². The molecule has 4 rings (SSSR count). The molecule has 2 N–H and O–H groups in total. The van der Waals surface area contributed by atoms with E-state index in [1.54, 1.807) is 24.3 Å². The molecule has 2 amide bonds. The molecule has 0 saturated carbocycles. The Hall–Kier alpha value is -2.39. The van der Waals surface area contributed by atoms with Crippen molar-refractivity contribution in [3.63, 3.8) is 0 Å². The van der Waals surface area contributed by atoms with Crippen LogP contribution in [0.4, 0.5) is 5.00 Å². The van der Waals surface area contributed by atoms with Gasteiger partial charge in [-0.15, -0.1) is 11.3 Å². The van der Waals surface area contributed by atoms with Gasteiger partial charge in [-0.05, 0) is 68.4 Å². The van der Waals surface area contributed by atoms with E-state index in [1.165, 1.54) is 30.6 Å². The van der Waals surface area contributed by atoms with E-state index in [2.05, 4.69) is 17.6 Å². The SMILES string of the molecule is CCCCCCCOc1ccc(C(=O)Nc2sc3c(c2C(=O)N[C@@H]2CCS(=O)(=O)C2)CCCC3)cc1. The molecule has 1 saturated heterocycles. The number of thiophene rings is 1. The highest BCUT2D eigenvalue weighted by molar-refractivity contribution is 7.91. The van der Waals surface area contributed by atoms with Gasteiger partial charge in [-0.2, -0.15) is 0 Å². The lowest BCUT2D eigenvalue weighted by molar-refractivity contribution is 0.0941. The second-order valence-electron chi connectivity index (χ2n) is 9.73. The number of carbonyl (C=O) groups is 2. The Morgan fingerprint density at radius 3 is 2.50 bits per heavy atom. The molecule has 0 spiro atoms. The summed E-state index contributed by atoms with van der Waals surface area (Å²) >= 11 is 1.46. The predicted octanol–water partition coefficient (Wildman–Crippen LogP) is 5.15. The average Bonchev–Trinajstić information content (AvgIpc) is 3.40. The Balaban J connectivity index is 1.41. The minimum Gasteiger partial charge on any atom is -0.494 e. The zero-order valence-corrected chi connectivity index (χ0v) is 22.6. The number of unbranched alkanes of at least 4 members (excludes halogenated alkanes) is 4. The monoisotopic (exact) mass is 532 g/mol.